The Balaban J connectivity index is 2.00. The Morgan fingerprint density at radius 3 is 2.10 bits per heavy atom. The summed E-state index contributed by atoms with van der Waals surface area (Å²) in [6.45, 7) is 0. The molecule has 0 unspecified atom stereocenters. The minimum absolute atomic E-state index is 0.0399. The van der Waals surface area contributed by atoms with Gasteiger partial charge in [0, 0.05) is 4.90 Å². The lowest BCUT2D eigenvalue weighted by Gasteiger charge is -2.19. The molecule has 0 saturated heterocycles. The van der Waals surface area contributed by atoms with Gasteiger partial charge in [-0.1, -0.05) is 79.1 Å². The first-order valence-corrected chi connectivity index (χ1v) is 9.96. The van der Waals surface area contributed by atoms with Crippen LogP contribution >= 0.6 is 27.7 Å². The molecule has 1 fully saturated rings. The molecule has 21 heavy (non-hydrogen) atoms. The highest BCUT2D eigenvalue weighted by atomic mass is 79.9. The van der Waals surface area contributed by atoms with Crippen LogP contribution in [-0.2, 0) is 4.79 Å². The second-order valence-electron chi connectivity index (χ2n) is 5.84. The van der Waals surface area contributed by atoms with E-state index < -0.39 is 0 Å². The monoisotopic (exact) mass is 368 g/mol. The average Bonchev–Trinajstić information content (AvgIpc) is 2.51. The van der Waals surface area contributed by atoms with Crippen molar-refractivity contribution in [2.75, 3.05) is 0 Å². The zero-order valence-electron chi connectivity index (χ0n) is 12.6. The predicted molar refractivity (Wildman–Crippen MR) is 95.4 cm³/mol. The topological polar surface area (TPSA) is 17.1 Å². The van der Waals surface area contributed by atoms with Crippen LogP contribution in [0.5, 0.6) is 0 Å². The van der Waals surface area contributed by atoms with E-state index >= 15 is 0 Å². The van der Waals surface area contributed by atoms with E-state index in [1.807, 2.05) is 18.2 Å². The van der Waals surface area contributed by atoms with Gasteiger partial charge >= 0.3 is 0 Å². The number of hydrogen-bond donors (Lipinski definition) is 0. The van der Waals surface area contributed by atoms with Gasteiger partial charge in [-0.05, 0) is 25.0 Å². The molecule has 0 spiro atoms. The summed E-state index contributed by atoms with van der Waals surface area (Å²) in [5.74, 6) is 0.393. The van der Waals surface area contributed by atoms with Crippen LogP contribution in [0.25, 0.3) is 0 Å². The molecule has 2 rings (SSSR count). The van der Waals surface area contributed by atoms with Gasteiger partial charge in [0.2, 0.25) is 0 Å². The molecule has 0 heterocycles. The van der Waals surface area contributed by atoms with Crippen LogP contribution in [0.2, 0.25) is 0 Å². The summed E-state index contributed by atoms with van der Waals surface area (Å²) in [4.78, 5) is 13.9. The Morgan fingerprint density at radius 2 is 1.43 bits per heavy atom. The fourth-order valence-electron chi connectivity index (χ4n) is 2.80. The van der Waals surface area contributed by atoms with Gasteiger partial charge in [0.1, 0.15) is 0 Å². The lowest BCUT2D eigenvalue weighted by Crippen LogP contribution is -2.26. The average molecular weight is 369 g/mol. The molecule has 0 amide bonds. The molecule has 0 radical (unpaired) electrons. The fourth-order valence-corrected chi connectivity index (χ4v) is 4.83. The van der Waals surface area contributed by atoms with Gasteiger partial charge in [-0.2, -0.15) is 0 Å². The maximum Gasteiger partial charge on any atom is 0.159 e. The van der Waals surface area contributed by atoms with Crippen LogP contribution in [0.3, 0.4) is 0 Å². The van der Waals surface area contributed by atoms with E-state index in [0.717, 1.165) is 12.8 Å². The highest BCUT2D eigenvalue weighted by Gasteiger charge is 2.25. The summed E-state index contributed by atoms with van der Waals surface area (Å²) in [7, 11) is 0. The zero-order chi connectivity index (χ0) is 14.9. The van der Waals surface area contributed by atoms with Crippen molar-refractivity contribution in [3.8, 4) is 0 Å². The van der Waals surface area contributed by atoms with Gasteiger partial charge in [-0.3, -0.25) is 4.79 Å². The molecule has 0 N–H and O–H groups in total. The molecule has 116 valence electrons. The van der Waals surface area contributed by atoms with E-state index in [9.17, 15) is 4.79 Å². The molecule has 1 aliphatic carbocycles. The fraction of sp³-hybridized carbons (Fsp3) is 0.611. The first kappa shape index (κ1) is 17.1. The van der Waals surface area contributed by atoms with Crippen LogP contribution in [0, 0.1) is 0 Å². The molecular formula is C18H25BrOS. The van der Waals surface area contributed by atoms with E-state index in [1.54, 1.807) is 11.8 Å². The van der Waals surface area contributed by atoms with Gasteiger partial charge < -0.3 is 0 Å². The van der Waals surface area contributed by atoms with Gasteiger partial charge in [-0.25, -0.2) is 0 Å². The van der Waals surface area contributed by atoms with Crippen molar-refractivity contribution in [3.63, 3.8) is 0 Å². The van der Waals surface area contributed by atoms with Crippen molar-refractivity contribution in [3.05, 3.63) is 30.3 Å². The Labute approximate surface area is 141 Å². The van der Waals surface area contributed by atoms with Crippen molar-refractivity contribution in [1.82, 2.24) is 0 Å². The van der Waals surface area contributed by atoms with Crippen molar-refractivity contribution in [1.29, 1.82) is 0 Å². The highest BCUT2D eigenvalue weighted by Crippen LogP contribution is 2.31. The van der Waals surface area contributed by atoms with Gasteiger partial charge in [0.15, 0.2) is 5.78 Å². The van der Waals surface area contributed by atoms with E-state index in [2.05, 4.69) is 28.1 Å². The van der Waals surface area contributed by atoms with Crippen LogP contribution in [0.15, 0.2) is 35.2 Å². The normalized spacial score (nSPS) is 25.9. The van der Waals surface area contributed by atoms with Gasteiger partial charge in [0.05, 0.1) is 10.1 Å². The number of Topliss-reactive ketones (excluding diaryl/α,β-unsaturated/α-hetero) is 1. The van der Waals surface area contributed by atoms with Crippen molar-refractivity contribution < 1.29 is 4.79 Å². The van der Waals surface area contributed by atoms with Gasteiger partial charge in [0.25, 0.3) is 0 Å². The van der Waals surface area contributed by atoms with Crippen LogP contribution < -0.4 is 0 Å². The largest absolute Gasteiger partial charge is 0.297 e. The summed E-state index contributed by atoms with van der Waals surface area (Å²) in [5, 5.41) is 0.108. The molecular weight excluding hydrogens is 344 g/mol. The highest BCUT2D eigenvalue weighted by molar-refractivity contribution is 9.10. The Morgan fingerprint density at radius 1 is 0.857 bits per heavy atom. The molecule has 1 saturated carbocycles. The second-order valence-corrected chi connectivity index (χ2v) is 8.22. The molecule has 1 nitrogen and oxygen atoms in total. The lowest BCUT2D eigenvalue weighted by atomic mass is 10.00. The number of halogens is 1. The van der Waals surface area contributed by atoms with E-state index in [4.69, 9.17) is 0 Å². The maximum atomic E-state index is 12.7. The Hall–Kier alpha value is -0.280. The number of thioether (sulfide) groups is 1. The summed E-state index contributed by atoms with van der Waals surface area (Å²) in [6, 6.07) is 10.3. The van der Waals surface area contributed by atoms with Crippen LogP contribution in [-0.4, -0.2) is 15.9 Å². The van der Waals surface area contributed by atoms with Crippen molar-refractivity contribution in [2.45, 2.75) is 72.8 Å². The molecule has 2 atom stereocenters. The third-order valence-electron chi connectivity index (χ3n) is 4.07. The number of benzene rings is 1. The van der Waals surface area contributed by atoms with Crippen molar-refractivity contribution in [2.24, 2.45) is 0 Å². The summed E-state index contributed by atoms with van der Waals surface area (Å²) < 4.78 is 0. The Kier molecular flexibility index (Phi) is 7.87. The quantitative estimate of drug-likeness (QED) is 0.595. The number of ketones is 1. The predicted octanol–water partition coefficient (Wildman–Crippen LogP) is 6.00. The smallest absolute Gasteiger partial charge is 0.159 e. The van der Waals surface area contributed by atoms with E-state index in [-0.39, 0.29) is 10.1 Å². The SMILES string of the molecule is O=C1[C@H](Br)CCCCCCCCC[C@@H]1Sc1ccccc1. The maximum absolute atomic E-state index is 12.7. The Bertz CT molecular complexity index is 420. The summed E-state index contributed by atoms with van der Waals surface area (Å²) in [6.07, 6.45) is 10.9. The standard InChI is InChI=1S/C18H25BrOS/c19-16-13-9-4-2-1-3-5-10-14-17(18(16)20)21-15-11-7-6-8-12-15/h6-8,11-12,16-17H,1-5,9-10,13-14H2/t16-,17+/m1/s1. The lowest BCUT2D eigenvalue weighted by molar-refractivity contribution is -0.118. The van der Waals surface area contributed by atoms with Crippen LogP contribution in [0.1, 0.15) is 57.8 Å². The van der Waals surface area contributed by atoms with Crippen molar-refractivity contribution >= 4 is 33.5 Å². The minimum atomic E-state index is 0.0399. The minimum Gasteiger partial charge on any atom is -0.297 e. The number of rotatable bonds is 2. The van der Waals surface area contributed by atoms with E-state index in [1.165, 1.54) is 49.8 Å². The first-order chi connectivity index (χ1) is 10.3. The number of hydrogen-bond acceptors (Lipinski definition) is 2. The molecule has 1 aromatic rings. The van der Waals surface area contributed by atoms with Gasteiger partial charge in [-0.15, -0.1) is 11.8 Å². The number of carbonyl (C=O) groups excluding carboxylic acids is 1. The summed E-state index contributed by atoms with van der Waals surface area (Å²) in [5.41, 5.74) is 0. The first-order valence-electron chi connectivity index (χ1n) is 8.17. The molecule has 0 aromatic heterocycles. The molecule has 1 aromatic carbocycles. The number of alkyl halides is 1. The third-order valence-corrected chi connectivity index (χ3v) is 6.28. The van der Waals surface area contributed by atoms with E-state index in [0.29, 0.717) is 5.78 Å². The summed E-state index contributed by atoms with van der Waals surface area (Å²) >= 11 is 5.38. The zero-order valence-corrected chi connectivity index (χ0v) is 15.0. The second kappa shape index (κ2) is 9.68. The third kappa shape index (κ3) is 6.15. The molecule has 1 aliphatic rings. The number of carbonyl (C=O) groups is 1. The molecule has 3 heteroatoms. The molecule has 0 bridgehead atoms. The van der Waals surface area contributed by atoms with Crippen LogP contribution in [0.4, 0.5) is 0 Å². The molecule has 0 aliphatic heterocycles.